The van der Waals surface area contributed by atoms with Crippen LogP contribution >= 0.6 is 11.6 Å². The number of anilines is 1. The van der Waals surface area contributed by atoms with Gasteiger partial charge in [0.1, 0.15) is 5.75 Å². The average Bonchev–Trinajstić information content (AvgIpc) is 3.22. The van der Waals surface area contributed by atoms with E-state index in [1.54, 1.807) is 37.7 Å². The summed E-state index contributed by atoms with van der Waals surface area (Å²) in [6.45, 7) is 0.484. The van der Waals surface area contributed by atoms with Crippen molar-refractivity contribution in [3.8, 4) is 23.3 Å². The van der Waals surface area contributed by atoms with Crippen molar-refractivity contribution < 1.29 is 9.15 Å². The lowest BCUT2D eigenvalue weighted by Crippen LogP contribution is -2.30. The first-order chi connectivity index (χ1) is 13.2. The molecular weight excluding hydrogens is 366 g/mol. The molecule has 7 nitrogen and oxygen atoms in total. The Morgan fingerprint density at radius 3 is 2.78 bits per heavy atom. The van der Waals surface area contributed by atoms with Gasteiger partial charge in [-0.3, -0.25) is 0 Å². The lowest BCUT2D eigenvalue weighted by Gasteiger charge is -2.13. The van der Waals surface area contributed by atoms with E-state index in [2.05, 4.69) is 20.6 Å². The van der Waals surface area contributed by atoms with Gasteiger partial charge < -0.3 is 19.8 Å². The molecule has 0 fully saturated rings. The van der Waals surface area contributed by atoms with Gasteiger partial charge in [-0.15, -0.1) is 4.99 Å². The van der Waals surface area contributed by atoms with Gasteiger partial charge in [-0.25, -0.2) is 4.98 Å². The predicted octanol–water partition coefficient (Wildman–Crippen LogP) is 4.04. The van der Waals surface area contributed by atoms with E-state index in [-0.39, 0.29) is 0 Å². The number of methoxy groups -OCH3 is 1. The zero-order valence-corrected chi connectivity index (χ0v) is 15.2. The molecule has 8 heteroatoms. The summed E-state index contributed by atoms with van der Waals surface area (Å²) in [6.07, 6.45) is 4.76. The van der Waals surface area contributed by atoms with Gasteiger partial charge in [-0.2, -0.15) is 5.26 Å². The first kappa shape index (κ1) is 18.3. The smallest absolute Gasteiger partial charge is 0.212 e. The van der Waals surface area contributed by atoms with Gasteiger partial charge in [0.05, 0.1) is 18.9 Å². The van der Waals surface area contributed by atoms with Crippen molar-refractivity contribution in [1.29, 1.82) is 5.26 Å². The van der Waals surface area contributed by atoms with Gasteiger partial charge in [0.15, 0.2) is 12.2 Å². The maximum absolute atomic E-state index is 8.94. The lowest BCUT2D eigenvalue weighted by atomic mass is 10.1. The van der Waals surface area contributed by atoms with Crippen LogP contribution in [0.25, 0.3) is 11.3 Å². The van der Waals surface area contributed by atoms with Crippen LogP contribution in [0.2, 0.25) is 5.02 Å². The SMILES string of the molecule is COc1cc(NC(=NC#N)NCc2ccc(Cl)cc2)ccc1-c1cnco1. The lowest BCUT2D eigenvalue weighted by molar-refractivity contribution is 0.415. The summed E-state index contributed by atoms with van der Waals surface area (Å²) in [5, 5.41) is 15.8. The standard InChI is InChI=1S/C19H16ClN5O2/c1-26-17-8-15(6-7-16(17)18-10-22-12-27-18)25-19(24-11-21)23-9-13-2-4-14(20)5-3-13/h2-8,10,12H,9H2,1H3,(H2,23,24,25). The highest BCUT2D eigenvalue weighted by molar-refractivity contribution is 6.30. The van der Waals surface area contributed by atoms with Crippen LogP contribution in [0.3, 0.4) is 0 Å². The number of ether oxygens (including phenoxy) is 1. The summed E-state index contributed by atoms with van der Waals surface area (Å²) in [5.41, 5.74) is 2.48. The predicted molar refractivity (Wildman–Crippen MR) is 103 cm³/mol. The Hall–Kier alpha value is -3.50. The van der Waals surface area contributed by atoms with Crippen LogP contribution in [0.5, 0.6) is 5.75 Å². The molecule has 2 N–H and O–H groups in total. The topological polar surface area (TPSA) is 95.5 Å². The molecular formula is C19H16ClN5O2. The van der Waals surface area contributed by atoms with Gasteiger partial charge in [0.25, 0.3) is 0 Å². The Kier molecular flexibility index (Phi) is 5.92. The number of halogens is 1. The van der Waals surface area contributed by atoms with E-state index < -0.39 is 0 Å². The van der Waals surface area contributed by atoms with E-state index in [1.807, 2.05) is 24.3 Å². The second-order valence-electron chi connectivity index (χ2n) is 5.45. The summed E-state index contributed by atoms with van der Waals surface area (Å²) in [5.74, 6) is 1.53. The Morgan fingerprint density at radius 2 is 2.11 bits per heavy atom. The third-order valence-electron chi connectivity index (χ3n) is 3.70. The molecule has 3 aromatic rings. The van der Waals surface area contributed by atoms with Gasteiger partial charge in [-0.05, 0) is 29.8 Å². The number of oxazole rings is 1. The molecule has 0 spiro atoms. The summed E-state index contributed by atoms with van der Waals surface area (Å²) in [4.78, 5) is 7.70. The third kappa shape index (κ3) is 4.77. The molecule has 2 aromatic carbocycles. The van der Waals surface area contributed by atoms with E-state index in [9.17, 15) is 0 Å². The van der Waals surface area contributed by atoms with Gasteiger partial charge in [0.2, 0.25) is 12.2 Å². The van der Waals surface area contributed by atoms with Crippen molar-refractivity contribution in [3.63, 3.8) is 0 Å². The molecule has 0 bridgehead atoms. The van der Waals surface area contributed by atoms with Crippen molar-refractivity contribution >= 4 is 23.2 Å². The summed E-state index contributed by atoms with van der Waals surface area (Å²) in [7, 11) is 1.57. The second kappa shape index (κ2) is 8.74. The Morgan fingerprint density at radius 1 is 1.30 bits per heavy atom. The van der Waals surface area contributed by atoms with Gasteiger partial charge >= 0.3 is 0 Å². The number of benzene rings is 2. The summed E-state index contributed by atoms with van der Waals surface area (Å²) >= 11 is 5.89. The van der Waals surface area contributed by atoms with Crippen LogP contribution in [0.4, 0.5) is 5.69 Å². The number of rotatable bonds is 5. The van der Waals surface area contributed by atoms with Crippen molar-refractivity contribution in [2.75, 3.05) is 12.4 Å². The van der Waals surface area contributed by atoms with E-state index in [0.717, 1.165) is 11.1 Å². The molecule has 0 saturated heterocycles. The molecule has 3 rings (SSSR count). The highest BCUT2D eigenvalue weighted by Gasteiger charge is 2.11. The van der Waals surface area contributed by atoms with Crippen molar-refractivity contribution in [1.82, 2.24) is 10.3 Å². The number of guanidine groups is 1. The number of nitrogens with zero attached hydrogens (tertiary/aromatic N) is 3. The maximum atomic E-state index is 8.94. The molecule has 0 aliphatic rings. The quantitative estimate of drug-likeness (QED) is 0.393. The number of hydrogen-bond acceptors (Lipinski definition) is 5. The fourth-order valence-electron chi connectivity index (χ4n) is 2.41. The third-order valence-corrected chi connectivity index (χ3v) is 3.95. The molecule has 0 radical (unpaired) electrons. The molecule has 0 amide bonds. The zero-order chi connectivity index (χ0) is 19.1. The maximum Gasteiger partial charge on any atom is 0.212 e. The van der Waals surface area contributed by atoms with Crippen LogP contribution in [-0.2, 0) is 6.54 Å². The average molecular weight is 382 g/mol. The van der Waals surface area contributed by atoms with Gasteiger partial charge in [-0.1, -0.05) is 23.7 Å². The van der Waals surface area contributed by atoms with Crippen LogP contribution in [0.15, 0.2) is 64.5 Å². The van der Waals surface area contributed by atoms with E-state index >= 15 is 0 Å². The highest BCUT2D eigenvalue weighted by Crippen LogP contribution is 2.32. The molecule has 27 heavy (non-hydrogen) atoms. The molecule has 1 aromatic heterocycles. The monoisotopic (exact) mass is 381 g/mol. The Labute approximate surface area is 161 Å². The van der Waals surface area contributed by atoms with E-state index in [4.69, 9.17) is 26.0 Å². The molecule has 0 saturated carbocycles. The largest absolute Gasteiger partial charge is 0.496 e. The first-order valence-corrected chi connectivity index (χ1v) is 8.36. The van der Waals surface area contributed by atoms with Crippen molar-refractivity contribution in [2.24, 2.45) is 4.99 Å². The fraction of sp³-hybridized carbons (Fsp3) is 0.105. The first-order valence-electron chi connectivity index (χ1n) is 7.98. The number of aliphatic imine (C=N–C) groups is 1. The minimum Gasteiger partial charge on any atom is -0.496 e. The summed E-state index contributed by atoms with van der Waals surface area (Å²) < 4.78 is 10.7. The second-order valence-corrected chi connectivity index (χ2v) is 5.88. The molecule has 0 aliphatic heterocycles. The van der Waals surface area contributed by atoms with Crippen LogP contribution in [-0.4, -0.2) is 18.1 Å². The normalized spacial score (nSPS) is 10.9. The molecule has 0 unspecified atom stereocenters. The van der Waals surface area contributed by atoms with Gasteiger partial charge in [0, 0.05) is 23.3 Å². The van der Waals surface area contributed by atoms with Crippen LogP contribution < -0.4 is 15.4 Å². The number of hydrogen-bond donors (Lipinski definition) is 2. The molecule has 0 atom stereocenters. The highest BCUT2D eigenvalue weighted by atomic mass is 35.5. The molecule has 0 aliphatic carbocycles. The number of nitriles is 1. The molecule has 136 valence electrons. The van der Waals surface area contributed by atoms with Crippen LogP contribution in [0.1, 0.15) is 5.56 Å². The van der Waals surface area contributed by atoms with Crippen molar-refractivity contribution in [3.05, 3.63) is 65.6 Å². The number of nitrogens with one attached hydrogen (secondary N) is 2. The van der Waals surface area contributed by atoms with E-state index in [0.29, 0.717) is 34.7 Å². The van der Waals surface area contributed by atoms with Crippen LogP contribution in [0, 0.1) is 11.5 Å². The zero-order valence-electron chi connectivity index (χ0n) is 14.4. The fourth-order valence-corrected chi connectivity index (χ4v) is 2.53. The minimum atomic E-state index is 0.321. The van der Waals surface area contributed by atoms with E-state index in [1.165, 1.54) is 6.39 Å². The Balaban J connectivity index is 1.73. The van der Waals surface area contributed by atoms with Crippen molar-refractivity contribution in [2.45, 2.75) is 6.54 Å². The Bertz CT molecular complexity index is 963. The molecule has 1 heterocycles. The minimum absolute atomic E-state index is 0.321. The number of aromatic nitrogens is 1. The summed E-state index contributed by atoms with van der Waals surface area (Å²) in [6, 6.07) is 12.9.